The normalized spacial score (nSPS) is 11.3. The average molecular weight is 417 g/mol. The second-order valence-corrected chi connectivity index (χ2v) is 7.75. The predicted molar refractivity (Wildman–Crippen MR) is 99.8 cm³/mol. The van der Waals surface area contributed by atoms with E-state index >= 15 is 0 Å². The molecule has 3 aromatic heterocycles. The fourth-order valence-electron chi connectivity index (χ4n) is 2.53. The Kier molecular flexibility index (Phi) is 3.97. The molecule has 1 aromatic carbocycles. The smallest absolute Gasteiger partial charge is 0.259 e. The number of halogens is 1. The first-order chi connectivity index (χ1) is 12.0. The van der Waals surface area contributed by atoms with Crippen molar-refractivity contribution in [2.75, 3.05) is 0 Å². The lowest BCUT2D eigenvalue weighted by molar-refractivity contribution is 0.555. The summed E-state index contributed by atoms with van der Waals surface area (Å²) in [5, 5.41) is 13.1. The topological polar surface area (TPSA) is 89.3 Å². The van der Waals surface area contributed by atoms with Gasteiger partial charge in [-0.15, -0.1) is 21.5 Å². The van der Waals surface area contributed by atoms with Gasteiger partial charge in [-0.2, -0.15) is 4.80 Å². The third-order valence-electron chi connectivity index (χ3n) is 3.93. The Morgan fingerprint density at radius 2 is 2.00 bits per heavy atom. The highest BCUT2D eigenvalue weighted by molar-refractivity contribution is 9.10. The van der Waals surface area contributed by atoms with E-state index in [1.165, 1.54) is 16.1 Å². The van der Waals surface area contributed by atoms with E-state index in [1.54, 1.807) is 0 Å². The number of aromatic amines is 1. The number of hydrogen-bond donors (Lipinski definition) is 1. The van der Waals surface area contributed by atoms with Crippen LogP contribution in [0.1, 0.15) is 16.3 Å². The molecular weight excluding hydrogens is 404 g/mol. The first kappa shape index (κ1) is 16.1. The van der Waals surface area contributed by atoms with Crippen molar-refractivity contribution in [3.8, 4) is 11.4 Å². The second kappa shape index (κ2) is 6.16. The van der Waals surface area contributed by atoms with Crippen LogP contribution in [0, 0.1) is 13.8 Å². The minimum absolute atomic E-state index is 0.130. The maximum Gasteiger partial charge on any atom is 0.259 e. The van der Waals surface area contributed by atoms with E-state index in [0.717, 1.165) is 25.3 Å². The Morgan fingerprint density at radius 3 is 2.76 bits per heavy atom. The Labute approximate surface area is 154 Å². The van der Waals surface area contributed by atoms with Gasteiger partial charge in [-0.3, -0.25) is 4.79 Å². The van der Waals surface area contributed by atoms with E-state index < -0.39 is 0 Å². The molecular formula is C16H13BrN6OS. The number of benzene rings is 1. The Morgan fingerprint density at radius 1 is 1.24 bits per heavy atom. The highest BCUT2D eigenvalue weighted by Gasteiger charge is 2.13. The zero-order valence-electron chi connectivity index (χ0n) is 13.4. The molecule has 126 valence electrons. The number of tetrazole rings is 1. The van der Waals surface area contributed by atoms with Crippen molar-refractivity contribution in [1.29, 1.82) is 0 Å². The van der Waals surface area contributed by atoms with Gasteiger partial charge in [0.1, 0.15) is 17.2 Å². The number of fused-ring (bicyclic) bond motifs is 1. The molecule has 0 aliphatic carbocycles. The van der Waals surface area contributed by atoms with Gasteiger partial charge in [0.2, 0.25) is 5.82 Å². The molecule has 0 unspecified atom stereocenters. The average Bonchev–Trinajstić information content (AvgIpc) is 3.14. The summed E-state index contributed by atoms with van der Waals surface area (Å²) in [7, 11) is 0. The lowest BCUT2D eigenvalue weighted by Crippen LogP contribution is -2.15. The maximum atomic E-state index is 12.3. The second-order valence-electron chi connectivity index (χ2n) is 5.63. The quantitative estimate of drug-likeness (QED) is 0.554. The van der Waals surface area contributed by atoms with Crippen LogP contribution in [0.25, 0.3) is 21.6 Å². The third-order valence-corrected chi connectivity index (χ3v) is 5.56. The molecule has 25 heavy (non-hydrogen) atoms. The highest BCUT2D eigenvalue weighted by Crippen LogP contribution is 2.25. The van der Waals surface area contributed by atoms with Crippen LogP contribution in [-0.4, -0.2) is 30.2 Å². The molecule has 9 heteroatoms. The van der Waals surface area contributed by atoms with Gasteiger partial charge in [-0.1, -0.05) is 15.9 Å². The van der Waals surface area contributed by atoms with Crippen molar-refractivity contribution in [2.24, 2.45) is 0 Å². The first-order valence-corrected chi connectivity index (χ1v) is 9.15. The van der Waals surface area contributed by atoms with Gasteiger partial charge in [0, 0.05) is 14.9 Å². The summed E-state index contributed by atoms with van der Waals surface area (Å²) in [5.41, 5.74) is 1.72. The van der Waals surface area contributed by atoms with Crippen LogP contribution in [0.3, 0.4) is 0 Å². The van der Waals surface area contributed by atoms with Crippen molar-refractivity contribution < 1.29 is 0 Å². The first-order valence-electron chi connectivity index (χ1n) is 7.54. The van der Waals surface area contributed by atoms with Gasteiger partial charge in [0.25, 0.3) is 5.56 Å². The minimum Gasteiger partial charge on any atom is -0.308 e. The van der Waals surface area contributed by atoms with E-state index in [0.29, 0.717) is 17.0 Å². The van der Waals surface area contributed by atoms with Crippen molar-refractivity contribution >= 4 is 37.5 Å². The molecule has 0 bridgehead atoms. The lowest BCUT2D eigenvalue weighted by atomic mass is 10.2. The maximum absolute atomic E-state index is 12.3. The van der Waals surface area contributed by atoms with Crippen LogP contribution >= 0.6 is 27.3 Å². The summed E-state index contributed by atoms with van der Waals surface area (Å²) in [5.74, 6) is 1.04. The summed E-state index contributed by atoms with van der Waals surface area (Å²) < 4.78 is 0.986. The van der Waals surface area contributed by atoms with Gasteiger partial charge in [-0.05, 0) is 48.9 Å². The zero-order chi connectivity index (χ0) is 17.6. The van der Waals surface area contributed by atoms with E-state index in [-0.39, 0.29) is 12.1 Å². The highest BCUT2D eigenvalue weighted by atomic mass is 79.9. The van der Waals surface area contributed by atoms with Crippen molar-refractivity contribution in [1.82, 2.24) is 30.2 Å². The fourth-order valence-corrected chi connectivity index (χ4v) is 3.85. The van der Waals surface area contributed by atoms with Crippen LogP contribution in [0.15, 0.2) is 33.5 Å². The molecule has 0 aliphatic heterocycles. The Hall–Kier alpha value is -2.39. The van der Waals surface area contributed by atoms with Gasteiger partial charge >= 0.3 is 0 Å². The molecule has 3 heterocycles. The number of nitrogens with zero attached hydrogens (tertiary/aromatic N) is 5. The van der Waals surface area contributed by atoms with Crippen molar-refractivity contribution in [2.45, 2.75) is 20.4 Å². The standard InChI is InChI=1S/C16H13BrN6OS/c1-8-9(2)25-16-13(8)15(24)18-12(19-16)7-23-21-14(20-22-23)10-3-5-11(17)6-4-10/h3-6H,7H2,1-2H3,(H,18,19,24). The molecule has 0 atom stereocenters. The molecule has 0 aliphatic rings. The van der Waals surface area contributed by atoms with Crippen LogP contribution in [0.5, 0.6) is 0 Å². The number of aromatic nitrogens is 6. The summed E-state index contributed by atoms with van der Waals surface area (Å²) in [6, 6.07) is 7.67. The number of H-pyrrole nitrogens is 1. The van der Waals surface area contributed by atoms with Crippen LogP contribution < -0.4 is 5.56 Å². The largest absolute Gasteiger partial charge is 0.308 e. The number of aryl methyl sites for hydroxylation is 2. The van der Waals surface area contributed by atoms with Gasteiger partial charge in [-0.25, -0.2) is 4.98 Å². The van der Waals surface area contributed by atoms with E-state index in [9.17, 15) is 4.79 Å². The minimum atomic E-state index is -0.130. The Balaban J connectivity index is 1.66. The Bertz CT molecular complexity index is 1130. The monoisotopic (exact) mass is 416 g/mol. The van der Waals surface area contributed by atoms with Gasteiger partial charge in [0.05, 0.1) is 5.39 Å². The molecule has 7 nitrogen and oxygen atoms in total. The molecule has 0 saturated carbocycles. The summed E-state index contributed by atoms with van der Waals surface area (Å²) >= 11 is 4.92. The third kappa shape index (κ3) is 3.00. The van der Waals surface area contributed by atoms with Crippen LogP contribution in [0.2, 0.25) is 0 Å². The van der Waals surface area contributed by atoms with Crippen LogP contribution in [-0.2, 0) is 6.54 Å². The number of nitrogens with one attached hydrogen (secondary N) is 1. The SMILES string of the molecule is Cc1sc2nc(Cn3nnc(-c4ccc(Br)cc4)n3)[nH]c(=O)c2c1C. The molecule has 4 aromatic rings. The van der Waals surface area contributed by atoms with Gasteiger partial charge in [0.15, 0.2) is 0 Å². The van der Waals surface area contributed by atoms with Crippen molar-refractivity contribution in [3.63, 3.8) is 0 Å². The van der Waals surface area contributed by atoms with E-state index in [2.05, 4.69) is 41.3 Å². The summed E-state index contributed by atoms with van der Waals surface area (Å²) in [4.78, 5) is 22.9. The molecule has 0 spiro atoms. The molecule has 1 N–H and O–H groups in total. The molecule has 4 rings (SSSR count). The molecule has 0 fully saturated rings. The molecule has 0 saturated heterocycles. The number of hydrogen-bond acceptors (Lipinski definition) is 6. The number of thiophene rings is 1. The summed E-state index contributed by atoms with van der Waals surface area (Å²) in [6.07, 6.45) is 0. The molecule has 0 radical (unpaired) electrons. The van der Waals surface area contributed by atoms with E-state index in [1.807, 2.05) is 38.1 Å². The van der Waals surface area contributed by atoms with Crippen LogP contribution in [0.4, 0.5) is 0 Å². The summed E-state index contributed by atoms with van der Waals surface area (Å²) in [6.45, 7) is 4.18. The predicted octanol–water partition coefficient (Wildman–Crippen LogP) is 3.07. The zero-order valence-corrected chi connectivity index (χ0v) is 15.8. The fraction of sp³-hybridized carbons (Fsp3) is 0.188. The van der Waals surface area contributed by atoms with Crippen molar-refractivity contribution in [3.05, 3.63) is 55.4 Å². The molecule has 0 amide bonds. The number of rotatable bonds is 3. The van der Waals surface area contributed by atoms with E-state index in [4.69, 9.17) is 0 Å². The lowest BCUT2D eigenvalue weighted by Gasteiger charge is -1.99. The van der Waals surface area contributed by atoms with Gasteiger partial charge < -0.3 is 4.98 Å².